The number of hydrogen-bond donors (Lipinski definition) is 1. The van der Waals surface area contributed by atoms with Gasteiger partial charge >= 0.3 is 0 Å². The van der Waals surface area contributed by atoms with Crippen molar-refractivity contribution in [1.82, 2.24) is 0 Å². The summed E-state index contributed by atoms with van der Waals surface area (Å²) < 4.78 is 0. The molecular weight excluding hydrogens is 605 g/mol. The molecule has 1 heteroatoms. The lowest BCUT2D eigenvalue weighted by Gasteiger charge is -2.18. The minimum absolute atomic E-state index is 0.184. The van der Waals surface area contributed by atoms with Crippen molar-refractivity contribution in [3.05, 3.63) is 35.9 Å². The van der Waals surface area contributed by atoms with Gasteiger partial charge in [-0.1, -0.05) is 282 Å². The van der Waals surface area contributed by atoms with Gasteiger partial charge in [-0.15, -0.1) is 0 Å². The van der Waals surface area contributed by atoms with Crippen LogP contribution in [0.3, 0.4) is 0 Å². The fraction of sp³-hybridized carbons (Fsp3) is 0.878. The first-order valence-electron chi connectivity index (χ1n) is 23.5. The van der Waals surface area contributed by atoms with Gasteiger partial charge in [0.15, 0.2) is 0 Å². The molecule has 0 fully saturated rings. The number of rotatable bonds is 41. The van der Waals surface area contributed by atoms with Gasteiger partial charge in [0.05, 0.1) is 6.10 Å². The van der Waals surface area contributed by atoms with Crippen LogP contribution in [-0.4, -0.2) is 11.2 Å². The van der Waals surface area contributed by atoms with Crippen molar-refractivity contribution >= 4 is 0 Å². The van der Waals surface area contributed by atoms with E-state index in [1.807, 2.05) is 0 Å². The quantitative estimate of drug-likeness (QED) is 0.0676. The van der Waals surface area contributed by atoms with Gasteiger partial charge in [-0.2, -0.15) is 0 Å². The first kappa shape index (κ1) is 47.2. The van der Waals surface area contributed by atoms with E-state index in [2.05, 4.69) is 44.2 Å². The number of aliphatic hydroxyl groups is 1. The Hall–Kier alpha value is -0.820. The van der Waals surface area contributed by atoms with Crippen molar-refractivity contribution in [3.63, 3.8) is 0 Å². The van der Waals surface area contributed by atoms with E-state index in [9.17, 15) is 5.11 Å². The fourth-order valence-corrected chi connectivity index (χ4v) is 8.20. The highest BCUT2D eigenvalue weighted by molar-refractivity contribution is 5.15. The monoisotopic (exact) mass is 697 g/mol. The number of unbranched alkanes of at least 4 members (excludes halogenated alkanes) is 31. The van der Waals surface area contributed by atoms with E-state index in [1.54, 1.807) is 0 Å². The molecule has 1 nitrogen and oxygen atoms in total. The van der Waals surface area contributed by atoms with Gasteiger partial charge < -0.3 is 5.11 Å². The molecule has 0 bridgehead atoms. The summed E-state index contributed by atoms with van der Waals surface area (Å²) in [6.45, 7) is 4.62. The van der Waals surface area contributed by atoms with Crippen LogP contribution in [0.25, 0.3) is 0 Å². The average molecular weight is 697 g/mol. The Morgan fingerprint density at radius 3 is 0.920 bits per heavy atom. The number of benzene rings is 1. The molecule has 50 heavy (non-hydrogen) atoms. The highest BCUT2D eigenvalue weighted by Crippen LogP contribution is 2.25. The summed E-state index contributed by atoms with van der Waals surface area (Å²) >= 11 is 0. The van der Waals surface area contributed by atoms with E-state index in [1.165, 1.54) is 243 Å². The van der Waals surface area contributed by atoms with Gasteiger partial charge in [0, 0.05) is 0 Å². The van der Waals surface area contributed by atoms with Gasteiger partial charge in [-0.05, 0) is 24.3 Å². The Labute approximate surface area is 316 Å². The maximum atomic E-state index is 10.6. The van der Waals surface area contributed by atoms with E-state index < -0.39 is 0 Å². The van der Waals surface area contributed by atoms with E-state index in [-0.39, 0.29) is 6.10 Å². The minimum Gasteiger partial charge on any atom is -0.393 e. The second-order valence-electron chi connectivity index (χ2n) is 16.7. The smallest absolute Gasteiger partial charge is 0.0580 e. The first-order chi connectivity index (χ1) is 24.8. The summed E-state index contributed by atoms with van der Waals surface area (Å²) in [7, 11) is 0. The minimum atomic E-state index is -0.184. The predicted octanol–water partition coefficient (Wildman–Crippen LogP) is 17.1. The van der Waals surface area contributed by atoms with Gasteiger partial charge in [0.25, 0.3) is 0 Å². The maximum absolute atomic E-state index is 10.6. The van der Waals surface area contributed by atoms with Crippen LogP contribution in [0.1, 0.15) is 263 Å². The van der Waals surface area contributed by atoms with Crippen molar-refractivity contribution in [2.75, 3.05) is 0 Å². The van der Waals surface area contributed by atoms with E-state index in [0.29, 0.717) is 0 Å². The van der Waals surface area contributed by atoms with Crippen molar-refractivity contribution in [1.29, 1.82) is 0 Å². The Balaban J connectivity index is 2.10. The zero-order valence-electron chi connectivity index (χ0n) is 34.6. The van der Waals surface area contributed by atoms with Gasteiger partial charge in [0.2, 0.25) is 0 Å². The molecule has 1 N–H and O–H groups in total. The van der Waals surface area contributed by atoms with Gasteiger partial charge in [0.1, 0.15) is 0 Å². The third-order valence-corrected chi connectivity index (χ3v) is 11.6. The third kappa shape index (κ3) is 34.3. The summed E-state index contributed by atoms with van der Waals surface area (Å²) in [5, 5.41) is 10.6. The van der Waals surface area contributed by atoms with Crippen molar-refractivity contribution < 1.29 is 5.11 Å². The molecule has 294 valence electrons. The number of hydrogen-bond acceptors (Lipinski definition) is 1. The van der Waals surface area contributed by atoms with Crippen LogP contribution in [0.15, 0.2) is 30.3 Å². The van der Waals surface area contributed by atoms with Crippen molar-refractivity contribution in [2.45, 2.75) is 270 Å². The lowest BCUT2D eigenvalue weighted by atomic mass is 9.89. The van der Waals surface area contributed by atoms with E-state index in [4.69, 9.17) is 0 Å². The Kier molecular flexibility index (Phi) is 37.2. The molecule has 0 amide bonds. The van der Waals surface area contributed by atoms with Crippen molar-refractivity contribution in [3.8, 4) is 0 Å². The van der Waals surface area contributed by atoms with E-state index in [0.717, 1.165) is 18.8 Å². The molecule has 1 rings (SSSR count). The molecule has 0 saturated carbocycles. The van der Waals surface area contributed by atoms with Crippen LogP contribution < -0.4 is 0 Å². The third-order valence-electron chi connectivity index (χ3n) is 11.6. The Morgan fingerprint density at radius 1 is 0.340 bits per heavy atom. The molecular formula is C49H92O. The summed E-state index contributed by atoms with van der Waals surface area (Å²) in [5.74, 6) is 0.916. The SMILES string of the molecule is CCCCCCCCCCCCCCCCCCC(CCCCCCCCCCCCCCCCCC)CCCCC(O)Cc1ccccc1. The van der Waals surface area contributed by atoms with Crippen LogP contribution in [0, 0.1) is 5.92 Å². The summed E-state index contributed by atoms with van der Waals surface area (Å²) in [5.41, 5.74) is 1.27. The van der Waals surface area contributed by atoms with Crippen LogP contribution in [-0.2, 0) is 6.42 Å². The van der Waals surface area contributed by atoms with Crippen molar-refractivity contribution in [2.24, 2.45) is 5.92 Å². The van der Waals surface area contributed by atoms with E-state index >= 15 is 0 Å². The molecule has 0 spiro atoms. The molecule has 0 aromatic heterocycles. The average Bonchev–Trinajstić information content (AvgIpc) is 3.13. The number of aliphatic hydroxyl groups excluding tert-OH is 1. The highest BCUT2D eigenvalue weighted by Gasteiger charge is 2.11. The summed E-state index contributed by atoms with van der Waals surface area (Å²) in [6.07, 6.45) is 54.9. The molecule has 0 aliphatic heterocycles. The second-order valence-corrected chi connectivity index (χ2v) is 16.7. The molecule has 0 aliphatic rings. The molecule has 1 aromatic rings. The summed E-state index contributed by atoms with van der Waals surface area (Å²) in [6, 6.07) is 10.5. The Morgan fingerprint density at radius 2 is 0.600 bits per heavy atom. The molecule has 0 heterocycles. The Bertz CT molecular complexity index is 707. The zero-order valence-corrected chi connectivity index (χ0v) is 34.6. The molecule has 0 aliphatic carbocycles. The van der Waals surface area contributed by atoms with Gasteiger partial charge in [-0.3, -0.25) is 0 Å². The fourth-order valence-electron chi connectivity index (χ4n) is 8.20. The summed E-state index contributed by atoms with van der Waals surface area (Å²) in [4.78, 5) is 0. The van der Waals surface area contributed by atoms with Crippen LogP contribution in [0.5, 0.6) is 0 Å². The molecule has 1 aromatic carbocycles. The second kappa shape index (κ2) is 39.4. The highest BCUT2D eigenvalue weighted by atomic mass is 16.3. The van der Waals surface area contributed by atoms with Crippen LogP contribution >= 0.6 is 0 Å². The molecule has 1 atom stereocenters. The van der Waals surface area contributed by atoms with Crippen LogP contribution in [0.4, 0.5) is 0 Å². The molecule has 1 unspecified atom stereocenters. The van der Waals surface area contributed by atoms with Gasteiger partial charge in [-0.25, -0.2) is 0 Å². The lowest BCUT2D eigenvalue weighted by molar-refractivity contribution is 0.160. The molecule has 0 saturated heterocycles. The lowest BCUT2D eigenvalue weighted by Crippen LogP contribution is -2.10. The topological polar surface area (TPSA) is 20.2 Å². The van der Waals surface area contributed by atoms with Crippen LogP contribution in [0.2, 0.25) is 0 Å². The standard InChI is InChI=1S/C49H92O/c1-3-5-7-9-11-13-15-17-19-21-23-25-27-29-31-34-40-47(42-38-39-45-49(50)46-48-43-36-33-37-44-48)41-35-32-30-28-26-24-22-20-18-16-14-12-10-8-6-4-2/h33,36-37,43-44,47,49-50H,3-32,34-35,38-42,45-46H2,1-2H3. The molecule has 0 radical (unpaired) electrons. The maximum Gasteiger partial charge on any atom is 0.0580 e. The largest absolute Gasteiger partial charge is 0.393 e. The first-order valence-corrected chi connectivity index (χ1v) is 23.5. The zero-order chi connectivity index (χ0) is 35.8. The normalized spacial score (nSPS) is 12.3. The predicted molar refractivity (Wildman–Crippen MR) is 226 cm³/mol.